The average Bonchev–Trinajstić information content (AvgIpc) is 2.57. The lowest BCUT2D eigenvalue weighted by molar-refractivity contribution is -0.132. The van der Waals surface area contributed by atoms with Crippen LogP contribution in [-0.2, 0) is 9.53 Å². The summed E-state index contributed by atoms with van der Waals surface area (Å²) < 4.78 is 5.76. The van der Waals surface area contributed by atoms with Gasteiger partial charge in [0, 0.05) is 5.41 Å². The predicted octanol–water partition coefficient (Wildman–Crippen LogP) is 3.21. The monoisotopic (exact) mass is 238 g/mol. The largest absolute Gasteiger partial charge is 0.497 e. The summed E-state index contributed by atoms with van der Waals surface area (Å²) in [6.07, 6.45) is 5.13. The quantitative estimate of drug-likeness (QED) is 0.606. The zero-order valence-corrected chi connectivity index (χ0v) is 11.1. The molecule has 1 N–H and O–H groups in total. The second kappa shape index (κ2) is 3.76. The molecule has 3 unspecified atom stereocenters. The Labute approximate surface area is 103 Å². The summed E-state index contributed by atoms with van der Waals surface area (Å²) in [7, 11) is 0. The first-order chi connectivity index (χ1) is 7.79. The van der Waals surface area contributed by atoms with Gasteiger partial charge in [0.25, 0.3) is 0 Å². The van der Waals surface area contributed by atoms with Crippen LogP contribution in [0.15, 0.2) is 11.8 Å². The maximum atomic E-state index is 10.7. The van der Waals surface area contributed by atoms with Gasteiger partial charge in [-0.15, -0.1) is 0 Å². The topological polar surface area (TPSA) is 46.5 Å². The van der Waals surface area contributed by atoms with Gasteiger partial charge >= 0.3 is 5.97 Å². The highest BCUT2D eigenvalue weighted by molar-refractivity contribution is 5.85. The van der Waals surface area contributed by atoms with Crippen LogP contribution in [0.2, 0.25) is 0 Å². The van der Waals surface area contributed by atoms with Crippen molar-refractivity contribution in [3.05, 3.63) is 11.8 Å². The smallest absolute Gasteiger partial charge is 0.334 e. The molecule has 3 heteroatoms. The minimum Gasteiger partial charge on any atom is -0.497 e. The molecule has 0 aromatic heterocycles. The van der Waals surface area contributed by atoms with E-state index in [0.717, 1.165) is 12.3 Å². The lowest BCUT2D eigenvalue weighted by Crippen LogP contribution is -2.36. The van der Waals surface area contributed by atoms with Crippen LogP contribution >= 0.6 is 0 Å². The molecule has 0 aromatic rings. The van der Waals surface area contributed by atoms with Crippen molar-refractivity contribution in [2.75, 3.05) is 0 Å². The Morgan fingerprint density at radius 1 is 1.41 bits per heavy atom. The molecule has 17 heavy (non-hydrogen) atoms. The van der Waals surface area contributed by atoms with Crippen molar-refractivity contribution < 1.29 is 14.6 Å². The molecule has 2 saturated carbocycles. The van der Waals surface area contributed by atoms with Crippen molar-refractivity contribution in [1.29, 1.82) is 0 Å². The number of carbonyl (C=O) groups is 1. The van der Waals surface area contributed by atoms with E-state index in [4.69, 9.17) is 9.84 Å². The zero-order valence-electron chi connectivity index (χ0n) is 11.1. The summed E-state index contributed by atoms with van der Waals surface area (Å²) in [6, 6.07) is 0. The first-order valence-corrected chi connectivity index (χ1v) is 6.34. The van der Waals surface area contributed by atoms with Crippen LogP contribution in [0.1, 0.15) is 47.0 Å². The van der Waals surface area contributed by atoms with Crippen LogP contribution in [0.3, 0.4) is 0 Å². The lowest BCUT2D eigenvalue weighted by atomic mass is 9.70. The fraction of sp³-hybridized carbons (Fsp3) is 0.786. The SMILES string of the molecule is CC(=COC1CC2CCC1(C)C2(C)C)C(=O)O. The van der Waals surface area contributed by atoms with Gasteiger partial charge in [0.1, 0.15) is 6.10 Å². The average molecular weight is 238 g/mol. The molecule has 2 bridgehead atoms. The van der Waals surface area contributed by atoms with E-state index < -0.39 is 5.97 Å². The van der Waals surface area contributed by atoms with E-state index in [1.807, 2.05) is 0 Å². The highest BCUT2D eigenvalue weighted by Crippen LogP contribution is 2.66. The van der Waals surface area contributed by atoms with Gasteiger partial charge in [0.05, 0.1) is 11.8 Å². The molecule has 2 rings (SSSR count). The van der Waals surface area contributed by atoms with E-state index in [1.165, 1.54) is 19.1 Å². The molecule has 2 fully saturated rings. The standard InChI is InChI=1S/C14H22O3/c1-9(12(15)16)8-17-11-7-10-5-6-14(11,4)13(10,2)3/h8,10-11H,5-7H2,1-4H3,(H,15,16). The van der Waals surface area contributed by atoms with Crippen molar-refractivity contribution in [3.63, 3.8) is 0 Å². The van der Waals surface area contributed by atoms with Crippen molar-refractivity contribution in [2.45, 2.75) is 53.1 Å². The Kier molecular flexibility index (Phi) is 2.75. The summed E-state index contributed by atoms with van der Waals surface area (Å²) in [5.74, 6) is -0.186. The Hall–Kier alpha value is -0.990. The van der Waals surface area contributed by atoms with Gasteiger partial charge in [0.15, 0.2) is 0 Å². The maximum Gasteiger partial charge on any atom is 0.334 e. The normalized spacial score (nSPS) is 39.4. The molecule has 0 saturated heterocycles. The van der Waals surface area contributed by atoms with E-state index in [9.17, 15) is 4.79 Å². The number of fused-ring (bicyclic) bond motifs is 2. The maximum absolute atomic E-state index is 10.7. The zero-order chi connectivity index (χ0) is 12.8. The summed E-state index contributed by atoms with van der Waals surface area (Å²) in [5, 5.41) is 8.81. The number of hydrogen-bond donors (Lipinski definition) is 1. The van der Waals surface area contributed by atoms with E-state index in [0.29, 0.717) is 5.41 Å². The Bertz CT molecular complexity index is 370. The first-order valence-electron chi connectivity index (χ1n) is 6.34. The predicted molar refractivity (Wildman–Crippen MR) is 65.5 cm³/mol. The van der Waals surface area contributed by atoms with Crippen LogP contribution < -0.4 is 0 Å². The molecule has 0 heterocycles. The molecule has 3 atom stereocenters. The minimum atomic E-state index is -0.905. The Morgan fingerprint density at radius 2 is 2.06 bits per heavy atom. The van der Waals surface area contributed by atoms with E-state index in [2.05, 4.69) is 20.8 Å². The van der Waals surface area contributed by atoms with Crippen LogP contribution in [-0.4, -0.2) is 17.2 Å². The van der Waals surface area contributed by atoms with Gasteiger partial charge in [-0.2, -0.15) is 0 Å². The number of rotatable bonds is 3. The molecule has 0 aliphatic heterocycles. The fourth-order valence-corrected chi connectivity index (χ4v) is 3.57. The van der Waals surface area contributed by atoms with E-state index in [1.54, 1.807) is 6.92 Å². The summed E-state index contributed by atoms with van der Waals surface area (Å²) >= 11 is 0. The van der Waals surface area contributed by atoms with Crippen molar-refractivity contribution in [2.24, 2.45) is 16.7 Å². The second-order valence-corrected chi connectivity index (χ2v) is 6.34. The molecule has 0 radical (unpaired) electrons. The molecule has 3 nitrogen and oxygen atoms in total. The Balaban J connectivity index is 2.11. The number of hydrogen-bond acceptors (Lipinski definition) is 2. The second-order valence-electron chi connectivity index (χ2n) is 6.34. The van der Waals surface area contributed by atoms with Gasteiger partial charge in [-0.3, -0.25) is 0 Å². The van der Waals surface area contributed by atoms with Crippen LogP contribution in [0, 0.1) is 16.7 Å². The first kappa shape index (κ1) is 12.5. The number of ether oxygens (including phenoxy) is 1. The molecule has 0 aromatic carbocycles. The van der Waals surface area contributed by atoms with Crippen molar-refractivity contribution >= 4 is 5.97 Å². The Morgan fingerprint density at radius 3 is 2.47 bits per heavy atom. The molecule has 96 valence electrons. The highest BCUT2D eigenvalue weighted by Gasteiger charge is 2.62. The van der Waals surface area contributed by atoms with Crippen LogP contribution in [0.5, 0.6) is 0 Å². The van der Waals surface area contributed by atoms with Crippen molar-refractivity contribution in [1.82, 2.24) is 0 Å². The van der Waals surface area contributed by atoms with Gasteiger partial charge in [-0.25, -0.2) is 4.79 Å². The van der Waals surface area contributed by atoms with Gasteiger partial charge in [-0.05, 0) is 37.5 Å². The molecule has 0 spiro atoms. The molecular formula is C14H22O3. The number of aliphatic carboxylic acids is 1. The molecule has 2 aliphatic rings. The third-order valence-electron chi connectivity index (χ3n) is 5.46. The summed E-state index contributed by atoms with van der Waals surface area (Å²) in [6.45, 7) is 8.50. The number of carboxylic acid groups (broad SMARTS) is 1. The van der Waals surface area contributed by atoms with Crippen LogP contribution in [0.25, 0.3) is 0 Å². The van der Waals surface area contributed by atoms with Gasteiger partial charge in [-0.1, -0.05) is 20.8 Å². The van der Waals surface area contributed by atoms with Gasteiger partial charge in [0.2, 0.25) is 0 Å². The molecule has 2 aliphatic carbocycles. The summed E-state index contributed by atoms with van der Waals surface area (Å²) in [5.41, 5.74) is 0.768. The lowest BCUT2D eigenvalue weighted by Gasteiger charge is -2.38. The van der Waals surface area contributed by atoms with Gasteiger partial charge < -0.3 is 9.84 Å². The third kappa shape index (κ3) is 1.67. The highest BCUT2D eigenvalue weighted by atomic mass is 16.5. The number of carboxylic acids is 1. The summed E-state index contributed by atoms with van der Waals surface area (Å²) in [4.78, 5) is 10.7. The minimum absolute atomic E-state index is 0.172. The van der Waals surface area contributed by atoms with Crippen molar-refractivity contribution in [3.8, 4) is 0 Å². The third-order valence-corrected chi connectivity index (χ3v) is 5.46. The molecular weight excluding hydrogens is 216 g/mol. The van der Waals surface area contributed by atoms with Crippen LogP contribution in [0.4, 0.5) is 0 Å². The van der Waals surface area contributed by atoms with E-state index in [-0.39, 0.29) is 17.1 Å². The molecule has 0 amide bonds. The fourth-order valence-electron chi connectivity index (χ4n) is 3.57. The van der Waals surface area contributed by atoms with E-state index >= 15 is 0 Å².